The van der Waals surface area contributed by atoms with Crippen LogP contribution in [-0.4, -0.2) is 17.4 Å². The molecular formula is C23H20Cl2N2O. The van der Waals surface area contributed by atoms with Crippen LogP contribution < -0.4 is 5.32 Å². The first-order chi connectivity index (χ1) is 13.6. The average Bonchev–Trinajstić information content (AvgIpc) is 2.71. The zero-order valence-corrected chi connectivity index (χ0v) is 16.8. The molecule has 0 atom stereocenters. The van der Waals surface area contributed by atoms with Crippen molar-refractivity contribution >= 4 is 34.8 Å². The fraction of sp³-hybridized carbons (Fsp3) is 0.174. The SMILES string of the molecule is O=C(Nc1cc(Cl)ccc1Cl)c1ccc(CN2CCc3ccccc3C2)cc1. The summed E-state index contributed by atoms with van der Waals surface area (Å²) >= 11 is 12.1. The van der Waals surface area contributed by atoms with E-state index in [4.69, 9.17) is 23.2 Å². The first kappa shape index (κ1) is 19.0. The van der Waals surface area contributed by atoms with E-state index in [1.165, 1.54) is 16.7 Å². The second-order valence-electron chi connectivity index (χ2n) is 7.00. The molecule has 1 aliphatic heterocycles. The third-order valence-corrected chi connectivity index (χ3v) is 5.57. The van der Waals surface area contributed by atoms with Gasteiger partial charge in [-0.05, 0) is 53.4 Å². The molecule has 1 amide bonds. The molecule has 142 valence electrons. The Morgan fingerprint density at radius 3 is 2.50 bits per heavy atom. The summed E-state index contributed by atoms with van der Waals surface area (Å²) in [6, 6.07) is 21.3. The number of benzene rings is 3. The highest BCUT2D eigenvalue weighted by Gasteiger charge is 2.16. The van der Waals surface area contributed by atoms with Crippen LogP contribution in [0.2, 0.25) is 10.0 Å². The predicted octanol–water partition coefficient (Wildman–Crippen LogP) is 5.80. The number of rotatable bonds is 4. The summed E-state index contributed by atoms with van der Waals surface area (Å²) < 4.78 is 0. The molecule has 3 nitrogen and oxygen atoms in total. The van der Waals surface area contributed by atoms with Gasteiger partial charge in [0.2, 0.25) is 0 Å². The van der Waals surface area contributed by atoms with Crippen molar-refractivity contribution in [3.8, 4) is 0 Å². The minimum Gasteiger partial charge on any atom is -0.321 e. The van der Waals surface area contributed by atoms with Crippen molar-refractivity contribution in [2.24, 2.45) is 0 Å². The molecule has 1 heterocycles. The Labute approximate surface area is 174 Å². The largest absolute Gasteiger partial charge is 0.321 e. The molecule has 4 rings (SSSR count). The molecule has 0 saturated heterocycles. The monoisotopic (exact) mass is 410 g/mol. The van der Waals surface area contributed by atoms with E-state index in [0.29, 0.717) is 21.3 Å². The maximum atomic E-state index is 12.5. The number of hydrogen-bond donors (Lipinski definition) is 1. The first-order valence-corrected chi connectivity index (χ1v) is 9.98. The van der Waals surface area contributed by atoms with Gasteiger partial charge in [-0.1, -0.05) is 59.6 Å². The fourth-order valence-electron chi connectivity index (χ4n) is 3.50. The van der Waals surface area contributed by atoms with Crippen molar-refractivity contribution in [2.45, 2.75) is 19.5 Å². The highest BCUT2D eigenvalue weighted by molar-refractivity contribution is 6.35. The quantitative estimate of drug-likeness (QED) is 0.588. The second kappa shape index (κ2) is 8.36. The van der Waals surface area contributed by atoms with Crippen LogP contribution in [0, 0.1) is 0 Å². The van der Waals surface area contributed by atoms with Crippen molar-refractivity contribution in [3.05, 3.63) is 99.0 Å². The highest BCUT2D eigenvalue weighted by atomic mass is 35.5. The molecule has 3 aromatic rings. The van der Waals surface area contributed by atoms with Gasteiger partial charge < -0.3 is 5.32 Å². The van der Waals surface area contributed by atoms with Crippen molar-refractivity contribution in [3.63, 3.8) is 0 Å². The standard InChI is InChI=1S/C23H20Cl2N2O/c24-20-9-10-21(25)22(13-20)26-23(28)18-7-5-16(6-8-18)14-27-12-11-17-3-1-2-4-19(17)15-27/h1-10,13H,11-12,14-15H2,(H,26,28). The van der Waals surface area contributed by atoms with Gasteiger partial charge in [-0.25, -0.2) is 0 Å². The summed E-state index contributed by atoms with van der Waals surface area (Å²) in [5.74, 6) is -0.206. The molecule has 0 fully saturated rings. The van der Waals surface area contributed by atoms with E-state index in [9.17, 15) is 4.79 Å². The molecule has 0 saturated carbocycles. The number of hydrogen-bond acceptors (Lipinski definition) is 2. The topological polar surface area (TPSA) is 32.3 Å². The summed E-state index contributed by atoms with van der Waals surface area (Å²) in [5, 5.41) is 3.80. The van der Waals surface area contributed by atoms with Crippen LogP contribution in [0.25, 0.3) is 0 Å². The highest BCUT2D eigenvalue weighted by Crippen LogP contribution is 2.26. The van der Waals surface area contributed by atoms with Gasteiger partial charge in [0.1, 0.15) is 0 Å². The lowest BCUT2D eigenvalue weighted by Crippen LogP contribution is -2.29. The van der Waals surface area contributed by atoms with E-state index in [0.717, 1.165) is 26.1 Å². The molecule has 3 aromatic carbocycles. The molecule has 0 unspecified atom stereocenters. The lowest BCUT2D eigenvalue weighted by atomic mass is 9.99. The molecule has 0 aromatic heterocycles. The molecule has 1 aliphatic rings. The average molecular weight is 411 g/mol. The first-order valence-electron chi connectivity index (χ1n) is 9.23. The molecule has 0 radical (unpaired) electrons. The van der Waals surface area contributed by atoms with Crippen molar-refractivity contribution in [1.82, 2.24) is 4.90 Å². The Morgan fingerprint density at radius 2 is 1.71 bits per heavy atom. The van der Waals surface area contributed by atoms with E-state index in [2.05, 4.69) is 34.5 Å². The number of halogens is 2. The van der Waals surface area contributed by atoms with Gasteiger partial charge in [-0.3, -0.25) is 9.69 Å². The summed E-state index contributed by atoms with van der Waals surface area (Å²) in [6.07, 6.45) is 1.08. The minimum absolute atomic E-state index is 0.206. The summed E-state index contributed by atoms with van der Waals surface area (Å²) in [4.78, 5) is 14.9. The molecule has 28 heavy (non-hydrogen) atoms. The third-order valence-electron chi connectivity index (χ3n) is 5.01. The predicted molar refractivity (Wildman–Crippen MR) is 115 cm³/mol. The van der Waals surface area contributed by atoms with Crippen molar-refractivity contribution in [2.75, 3.05) is 11.9 Å². The van der Waals surface area contributed by atoms with Gasteiger partial charge in [0, 0.05) is 30.2 Å². The van der Waals surface area contributed by atoms with Crippen LogP contribution in [-0.2, 0) is 19.5 Å². The van der Waals surface area contributed by atoms with E-state index in [-0.39, 0.29) is 5.91 Å². The summed E-state index contributed by atoms with van der Waals surface area (Å²) in [7, 11) is 0. The smallest absolute Gasteiger partial charge is 0.255 e. The van der Waals surface area contributed by atoms with Crippen LogP contribution in [0.15, 0.2) is 66.7 Å². The molecule has 0 bridgehead atoms. The number of nitrogens with zero attached hydrogens (tertiary/aromatic N) is 1. The lowest BCUT2D eigenvalue weighted by Gasteiger charge is -2.28. The second-order valence-corrected chi connectivity index (χ2v) is 7.85. The number of fused-ring (bicyclic) bond motifs is 1. The van der Waals surface area contributed by atoms with Gasteiger partial charge >= 0.3 is 0 Å². The van der Waals surface area contributed by atoms with Gasteiger partial charge in [0.15, 0.2) is 0 Å². The Balaban J connectivity index is 1.40. The fourth-order valence-corrected chi connectivity index (χ4v) is 3.83. The van der Waals surface area contributed by atoms with Crippen LogP contribution in [0.5, 0.6) is 0 Å². The summed E-state index contributed by atoms with van der Waals surface area (Å²) in [6.45, 7) is 2.88. The number of amides is 1. The molecule has 0 aliphatic carbocycles. The summed E-state index contributed by atoms with van der Waals surface area (Å²) in [5.41, 5.74) is 5.14. The number of anilines is 1. The number of nitrogens with one attached hydrogen (secondary N) is 1. The normalized spacial score (nSPS) is 13.8. The van der Waals surface area contributed by atoms with E-state index < -0.39 is 0 Å². The van der Waals surface area contributed by atoms with Crippen LogP contribution in [0.3, 0.4) is 0 Å². The Kier molecular flexibility index (Phi) is 5.67. The van der Waals surface area contributed by atoms with Gasteiger partial charge in [-0.15, -0.1) is 0 Å². The van der Waals surface area contributed by atoms with Crippen molar-refractivity contribution < 1.29 is 4.79 Å². The molecule has 0 spiro atoms. The zero-order valence-electron chi connectivity index (χ0n) is 15.3. The van der Waals surface area contributed by atoms with Crippen LogP contribution >= 0.6 is 23.2 Å². The molecule has 1 N–H and O–H groups in total. The van der Waals surface area contributed by atoms with Gasteiger partial charge in [0.25, 0.3) is 5.91 Å². The van der Waals surface area contributed by atoms with Gasteiger partial charge in [-0.2, -0.15) is 0 Å². The Bertz CT molecular complexity index is 1000. The van der Waals surface area contributed by atoms with Crippen molar-refractivity contribution in [1.29, 1.82) is 0 Å². The van der Waals surface area contributed by atoms with E-state index >= 15 is 0 Å². The third kappa shape index (κ3) is 4.39. The number of carbonyl (C=O) groups is 1. The van der Waals surface area contributed by atoms with E-state index in [1.54, 1.807) is 18.2 Å². The number of carbonyl (C=O) groups excluding carboxylic acids is 1. The van der Waals surface area contributed by atoms with Crippen LogP contribution in [0.4, 0.5) is 5.69 Å². The Hall–Kier alpha value is -2.33. The molecule has 5 heteroatoms. The van der Waals surface area contributed by atoms with Crippen LogP contribution in [0.1, 0.15) is 27.0 Å². The van der Waals surface area contributed by atoms with Gasteiger partial charge in [0.05, 0.1) is 10.7 Å². The zero-order chi connectivity index (χ0) is 19.5. The Morgan fingerprint density at radius 1 is 0.964 bits per heavy atom. The molecular weight excluding hydrogens is 391 g/mol. The minimum atomic E-state index is -0.206. The maximum absolute atomic E-state index is 12.5. The van der Waals surface area contributed by atoms with E-state index in [1.807, 2.05) is 24.3 Å². The lowest BCUT2D eigenvalue weighted by molar-refractivity contribution is 0.102. The maximum Gasteiger partial charge on any atom is 0.255 e.